The van der Waals surface area contributed by atoms with Crippen LogP contribution in [-0.2, 0) is 0 Å². The van der Waals surface area contributed by atoms with E-state index in [-0.39, 0.29) is 11.9 Å². The number of nitrogen functional groups attached to an aromatic ring is 1. The zero-order valence-corrected chi connectivity index (χ0v) is 14.2. The maximum absolute atomic E-state index is 13.1. The number of nitrogens with two attached hydrogens (primary N) is 1. The molecular weight excluding hydrogens is 322 g/mol. The van der Waals surface area contributed by atoms with Gasteiger partial charge in [0.2, 0.25) is 0 Å². The number of para-hydroxylation sites is 1. The molecule has 3 aromatic rings. The lowest BCUT2D eigenvalue weighted by molar-refractivity contribution is 0.0712. The van der Waals surface area contributed by atoms with Gasteiger partial charge < -0.3 is 5.73 Å². The molecule has 1 heterocycles. The third-order valence-corrected chi connectivity index (χ3v) is 4.60. The average Bonchev–Trinajstić information content (AvgIpc) is 3.14. The average molecular weight is 341 g/mol. The number of nitrogens with zero attached hydrogens (tertiary/aromatic N) is 2. The Morgan fingerprint density at radius 1 is 0.885 bits per heavy atom. The molecule has 1 aliphatic heterocycles. The standard InChI is InChI=1S/C22H19N3O/c23-19-14-8-7-13-18(19)21-15-20(16-9-3-1-4-10-16)24-25(21)22(26)17-11-5-2-6-12-17/h1-14,21H,15,23H2. The van der Waals surface area contributed by atoms with Crippen molar-refractivity contribution in [2.24, 2.45) is 5.10 Å². The highest BCUT2D eigenvalue weighted by molar-refractivity contribution is 6.05. The van der Waals surface area contributed by atoms with Crippen LogP contribution in [0.25, 0.3) is 0 Å². The van der Waals surface area contributed by atoms with Gasteiger partial charge in [0.15, 0.2) is 0 Å². The van der Waals surface area contributed by atoms with Gasteiger partial charge in [-0.05, 0) is 23.8 Å². The zero-order valence-electron chi connectivity index (χ0n) is 14.2. The molecule has 1 amide bonds. The lowest BCUT2D eigenvalue weighted by Gasteiger charge is -2.23. The van der Waals surface area contributed by atoms with Crippen LogP contribution in [0.2, 0.25) is 0 Å². The molecule has 2 N–H and O–H groups in total. The first kappa shape index (κ1) is 16.1. The molecule has 0 bridgehead atoms. The minimum Gasteiger partial charge on any atom is -0.398 e. The molecule has 1 aliphatic rings. The second-order valence-electron chi connectivity index (χ2n) is 6.28. The first-order valence-corrected chi connectivity index (χ1v) is 8.60. The number of hydrazone groups is 1. The van der Waals surface area contributed by atoms with Crippen molar-refractivity contribution in [1.82, 2.24) is 5.01 Å². The molecule has 0 spiro atoms. The molecule has 0 aliphatic carbocycles. The van der Waals surface area contributed by atoms with E-state index in [0.717, 1.165) is 16.8 Å². The molecule has 1 unspecified atom stereocenters. The molecule has 4 heteroatoms. The Morgan fingerprint density at radius 3 is 2.19 bits per heavy atom. The van der Waals surface area contributed by atoms with Crippen LogP contribution in [0.1, 0.15) is 33.9 Å². The van der Waals surface area contributed by atoms with Gasteiger partial charge in [-0.2, -0.15) is 5.10 Å². The highest BCUT2D eigenvalue weighted by atomic mass is 16.2. The molecule has 0 aromatic heterocycles. The van der Waals surface area contributed by atoms with Crippen molar-refractivity contribution in [2.75, 3.05) is 5.73 Å². The van der Waals surface area contributed by atoms with E-state index in [2.05, 4.69) is 5.10 Å². The second-order valence-corrected chi connectivity index (χ2v) is 6.28. The molecule has 0 fully saturated rings. The third kappa shape index (κ3) is 2.97. The third-order valence-electron chi connectivity index (χ3n) is 4.60. The van der Waals surface area contributed by atoms with E-state index in [4.69, 9.17) is 5.73 Å². The van der Waals surface area contributed by atoms with E-state index in [1.54, 1.807) is 5.01 Å². The van der Waals surface area contributed by atoms with Crippen molar-refractivity contribution < 1.29 is 4.79 Å². The van der Waals surface area contributed by atoms with Crippen LogP contribution in [0.5, 0.6) is 0 Å². The van der Waals surface area contributed by atoms with Crippen molar-refractivity contribution >= 4 is 17.3 Å². The summed E-state index contributed by atoms with van der Waals surface area (Å²) in [5.41, 5.74) is 10.3. The fourth-order valence-electron chi connectivity index (χ4n) is 3.27. The predicted octanol–water partition coefficient (Wildman–Crippen LogP) is 4.26. The molecule has 3 aromatic carbocycles. The molecule has 0 saturated carbocycles. The number of anilines is 1. The van der Waals surface area contributed by atoms with Crippen LogP contribution in [0.4, 0.5) is 5.69 Å². The van der Waals surface area contributed by atoms with E-state index in [1.807, 2.05) is 84.9 Å². The summed E-state index contributed by atoms with van der Waals surface area (Å²) in [4.78, 5) is 13.1. The minimum absolute atomic E-state index is 0.121. The van der Waals surface area contributed by atoms with E-state index >= 15 is 0 Å². The van der Waals surface area contributed by atoms with E-state index < -0.39 is 0 Å². The van der Waals surface area contributed by atoms with Crippen molar-refractivity contribution in [2.45, 2.75) is 12.5 Å². The van der Waals surface area contributed by atoms with Crippen LogP contribution < -0.4 is 5.73 Å². The second kappa shape index (κ2) is 6.84. The Morgan fingerprint density at radius 2 is 1.50 bits per heavy atom. The number of benzene rings is 3. The Kier molecular flexibility index (Phi) is 4.23. The van der Waals surface area contributed by atoms with E-state index in [9.17, 15) is 4.79 Å². The number of amides is 1. The zero-order chi connectivity index (χ0) is 17.9. The summed E-state index contributed by atoms with van der Waals surface area (Å²) < 4.78 is 0. The summed E-state index contributed by atoms with van der Waals surface area (Å²) in [5.74, 6) is -0.121. The van der Waals surface area contributed by atoms with Gasteiger partial charge in [-0.1, -0.05) is 66.7 Å². The summed E-state index contributed by atoms with van der Waals surface area (Å²) >= 11 is 0. The fraction of sp³-hybridized carbons (Fsp3) is 0.0909. The van der Waals surface area contributed by atoms with E-state index in [0.29, 0.717) is 17.7 Å². The number of carbonyl (C=O) groups excluding carboxylic acids is 1. The summed E-state index contributed by atoms with van der Waals surface area (Å²) in [6.45, 7) is 0. The van der Waals surface area contributed by atoms with Crippen molar-refractivity contribution in [3.8, 4) is 0 Å². The monoisotopic (exact) mass is 341 g/mol. The number of rotatable bonds is 3. The summed E-state index contributed by atoms with van der Waals surface area (Å²) in [6, 6.07) is 26.6. The summed E-state index contributed by atoms with van der Waals surface area (Å²) in [7, 11) is 0. The Balaban J connectivity index is 1.76. The summed E-state index contributed by atoms with van der Waals surface area (Å²) in [5, 5.41) is 6.25. The van der Waals surface area contributed by atoms with E-state index in [1.165, 1.54) is 0 Å². The Hall–Kier alpha value is -3.40. The smallest absolute Gasteiger partial charge is 0.274 e. The quantitative estimate of drug-likeness (QED) is 0.724. The number of hydrogen-bond donors (Lipinski definition) is 1. The molecule has 4 rings (SSSR count). The van der Waals surface area contributed by atoms with Gasteiger partial charge in [0.1, 0.15) is 0 Å². The SMILES string of the molecule is Nc1ccccc1C1CC(c2ccccc2)=NN1C(=O)c1ccccc1. The van der Waals surface area contributed by atoms with Gasteiger partial charge in [-0.25, -0.2) is 5.01 Å². The topological polar surface area (TPSA) is 58.7 Å². The normalized spacial score (nSPS) is 16.4. The van der Waals surface area contributed by atoms with Gasteiger partial charge in [-0.15, -0.1) is 0 Å². The van der Waals surface area contributed by atoms with Crippen LogP contribution >= 0.6 is 0 Å². The van der Waals surface area contributed by atoms with Gasteiger partial charge in [0.25, 0.3) is 5.91 Å². The molecule has 0 radical (unpaired) electrons. The predicted molar refractivity (Wildman–Crippen MR) is 104 cm³/mol. The van der Waals surface area contributed by atoms with Gasteiger partial charge in [0.05, 0.1) is 11.8 Å². The largest absolute Gasteiger partial charge is 0.398 e. The van der Waals surface area contributed by atoms with Crippen LogP contribution in [0, 0.1) is 0 Å². The molecular formula is C22H19N3O. The molecule has 4 nitrogen and oxygen atoms in total. The maximum atomic E-state index is 13.1. The van der Waals surface area contributed by atoms with Gasteiger partial charge in [0, 0.05) is 23.2 Å². The number of carbonyl (C=O) groups is 1. The highest BCUT2D eigenvalue weighted by Crippen LogP contribution is 2.36. The minimum atomic E-state index is -0.209. The molecule has 26 heavy (non-hydrogen) atoms. The van der Waals surface area contributed by atoms with Crippen LogP contribution in [-0.4, -0.2) is 16.6 Å². The van der Waals surface area contributed by atoms with Crippen LogP contribution in [0.15, 0.2) is 90.0 Å². The van der Waals surface area contributed by atoms with Crippen molar-refractivity contribution in [3.63, 3.8) is 0 Å². The highest BCUT2D eigenvalue weighted by Gasteiger charge is 2.34. The first-order chi connectivity index (χ1) is 12.7. The summed E-state index contributed by atoms with van der Waals surface area (Å²) in [6.07, 6.45) is 0.636. The Bertz CT molecular complexity index is 951. The van der Waals surface area contributed by atoms with Gasteiger partial charge in [-0.3, -0.25) is 4.79 Å². The van der Waals surface area contributed by atoms with Crippen molar-refractivity contribution in [1.29, 1.82) is 0 Å². The molecule has 128 valence electrons. The first-order valence-electron chi connectivity index (χ1n) is 8.60. The number of hydrogen-bond acceptors (Lipinski definition) is 3. The lowest BCUT2D eigenvalue weighted by atomic mass is 9.97. The maximum Gasteiger partial charge on any atom is 0.274 e. The molecule has 0 saturated heterocycles. The van der Waals surface area contributed by atoms with Gasteiger partial charge >= 0.3 is 0 Å². The fourth-order valence-corrected chi connectivity index (χ4v) is 3.27. The Labute approximate surface area is 152 Å². The van der Waals surface area contributed by atoms with Crippen molar-refractivity contribution in [3.05, 3.63) is 102 Å². The van der Waals surface area contributed by atoms with Crippen LogP contribution in [0.3, 0.4) is 0 Å². The lowest BCUT2D eigenvalue weighted by Crippen LogP contribution is -2.27. The molecule has 1 atom stereocenters.